The number of nitrogens with two attached hydrogens (primary N) is 1. The van der Waals surface area contributed by atoms with Crippen molar-refractivity contribution in [3.8, 4) is 0 Å². The van der Waals surface area contributed by atoms with Crippen molar-refractivity contribution in [1.29, 1.82) is 0 Å². The Morgan fingerprint density at radius 2 is 2.37 bits per heavy atom. The van der Waals surface area contributed by atoms with E-state index in [2.05, 4.69) is 21.2 Å². The molecule has 0 radical (unpaired) electrons. The Kier molecular flexibility index (Phi) is 4.54. The van der Waals surface area contributed by atoms with Crippen molar-refractivity contribution in [3.63, 3.8) is 0 Å². The highest BCUT2D eigenvalue weighted by Crippen LogP contribution is 2.24. The smallest absolute Gasteiger partial charge is 0.254 e. The van der Waals surface area contributed by atoms with E-state index in [1.54, 1.807) is 12.1 Å². The highest BCUT2D eigenvalue weighted by Gasteiger charge is 2.40. The van der Waals surface area contributed by atoms with Crippen LogP contribution in [0.15, 0.2) is 22.7 Å². The third-order valence-corrected chi connectivity index (χ3v) is 3.85. The maximum Gasteiger partial charge on any atom is 0.254 e. The normalized spacial score (nSPS) is 25.8. The number of amides is 1. The molecule has 6 heteroatoms. The molecule has 19 heavy (non-hydrogen) atoms. The van der Waals surface area contributed by atoms with Crippen LogP contribution in [0.4, 0.5) is 4.39 Å². The summed E-state index contributed by atoms with van der Waals surface area (Å²) in [6, 6.07) is 4.20. The molecule has 3 N–H and O–H groups in total. The minimum Gasteiger partial charge on any atom is -0.376 e. The van der Waals surface area contributed by atoms with Crippen molar-refractivity contribution in [2.45, 2.75) is 31.5 Å². The lowest BCUT2D eigenvalue weighted by Crippen LogP contribution is -2.64. The zero-order chi connectivity index (χ0) is 14.0. The number of nitrogens with one attached hydrogen (secondary N) is 1. The van der Waals surface area contributed by atoms with E-state index in [4.69, 9.17) is 10.5 Å². The van der Waals surface area contributed by atoms with Crippen LogP contribution in [-0.2, 0) is 4.74 Å². The maximum atomic E-state index is 13.8. The van der Waals surface area contributed by atoms with Gasteiger partial charge < -0.3 is 15.8 Å². The fraction of sp³-hybridized carbons (Fsp3) is 0.462. The van der Waals surface area contributed by atoms with E-state index >= 15 is 0 Å². The molecule has 3 unspecified atom stereocenters. The molecule has 1 aromatic carbocycles. The van der Waals surface area contributed by atoms with Crippen LogP contribution in [-0.4, -0.2) is 30.7 Å². The first-order valence-electron chi connectivity index (χ1n) is 6.16. The molecule has 104 valence electrons. The Morgan fingerprint density at radius 1 is 1.63 bits per heavy atom. The largest absolute Gasteiger partial charge is 0.376 e. The van der Waals surface area contributed by atoms with Crippen molar-refractivity contribution in [1.82, 2.24) is 5.32 Å². The molecule has 0 saturated heterocycles. The lowest BCUT2D eigenvalue weighted by Gasteiger charge is -2.42. The van der Waals surface area contributed by atoms with Crippen molar-refractivity contribution >= 4 is 21.8 Å². The Balaban J connectivity index is 2.06. The summed E-state index contributed by atoms with van der Waals surface area (Å²) < 4.78 is 19.5. The van der Waals surface area contributed by atoms with E-state index in [0.29, 0.717) is 13.0 Å². The van der Waals surface area contributed by atoms with Crippen LogP contribution in [0.1, 0.15) is 23.7 Å². The molecule has 1 fully saturated rings. The average Bonchev–Trinajstić information content (AvgIpc) is 2.39. The number of halogens is 2. The van der Waals surface area contributed by atoms with E-state index in [-0.39, 0.29) is 28.2 Å². The second kappa shape index (κ2) is 5.98. The topological polar surface area (TPSA) is 64.3 Å². The first kappa shape index (κ1) is 14.4. The molecule has 1 aliphatic rings. The number of ether oxygens (including phenoxy) is 1. The highest BCUT2D eigenvalue weighted by atomic mass is 79.9. The van der Waals surface area contributed by atoms with Crippen LogP contribution in [0, 0.1) is 5.82 Å². The van der Waals surface area contributed by atoms with Gasteiger partial charge in [0.2, 0.25) is 0 Å². The predicted octanol–water partition coefficient (Wildman–Crippen LogP) is 1.82. The van der Waals surface area contributed by atoms with Gasteiger partial charge in [-0.1, -0.05) is 6.07 Å². The second-order valence-corrected chi connectivity index (χ2v) is 5.35. The molecular formula is C13H16BrFN2O2. The summed E-state index contributed by atoms with van der Waals surface area (Å²) in [7, 11) is 0. The summed E-state index contributed by atoms with van der Waals surface area (Å²) in [6.07, 6.45) is 0.624. The summed E-state index contributed by atoms with van der Waals surface area (Å²) >= 11 is 3.06. The number of benzene rings is 1. The summed E-state index contributed by atoms with van der Waals surface area (Å²) in [6.45, 7) is 2.45. The van der Waals surface area contributed by atoms with Crippen LogP contribution >= 0.6 is 15.9 Å². The Morgan fingerprint density at radius 3 is 3.00 bits per heavy atom. The fourth-order valence-electron chi connectivity index (χ4n) is 2.14. The number of hydrogen-bond donors (Lipinski definition) is 2. The highest BCUT2D eigenvalue weighted by molar-refractivity contribution is 9.10. The lowest BCUT2D eigenvalue weighted by atomic mass is 9.83. The minimum atomic E-state index is -0.569. The number of carbonyl (C=O) groups excluding carboxylic acids is 1. The first-order chi connectivity index (χ1) is 9.04. The summed E-state index contributed by atoms with van der Waals surface area (Å²) in [4.78, 5) is 12.0. The Bertz CT molecular complexity index is 482. The van der Waals surface area contributed by atoms with E-state index in [1.165, 1.54) is 6.07 Å². The van der Waals surface area contributed by atoms with Crippen molar-refractivity contribution in [3.05, 3.63) is 34.1 Å². The SMILES string of the molecule is CCOC1CC(N)C1NC(=O)c1cccc(Br)c1F. The van der Waals surface area contributed by atoms with E-state index in [9.17, 15) is 9.18 Å². The number of hydrogen-bond acceptors (Lipinski definition) is 3. The van der Waals surface area contributed by atoms with Gasteiger partial charge in [-0.25, -0.2) is 4.39 Å². The second-order valence-electron chi connectivity index (χ2n) is 4.49. The van der Waals surface area contributed by atoms with E-state index in [1.807, 2.05) is 6.92 Å². The van der Waals surface area contributed by atoms with Gasteiger partial charge >= 0.3 is 0 Å². The monoisotopic (exact) mass is 330 g/mol. The maximum absolute atomic E-state index is 13.8. The van der Waals surface area contributed by atoms with Gasteiger partial charge in [-0.3, -0.25) is 4.79 Å². The third-order valence-electron chi connectivity index (χ3n) is 3.24. The fourth-order valence-corrected chi connectivity index (χ4v) is 2.50. The van der Waals surface area contributed by atoms with Gasteiger partial charge in [0.05, 0.1) is 22.2 Å². The van der Waals surface area contributed by atoms with Gasteiger partial charge in [0.25, 0.3) is 5.91 Å². The van der Waals surface area contributed by atoms with Crippen molar-refractivity contribution in [2.24, 2.45) is 5.73 Å². The molecule has 1 saturated carbocycles. The predicted molar refractivity (Wildman–Crippen MR) is 73.4 cm³/mol. The van der Waals surface area contributed by atoms with E-state index in [0.717, 1.165) is 0 Å². The molecule has 1 aliphatic carbocycles. The Hall–Kier alpha value is -0.980. The van der Waals surface area contributed by atoms with Gasteiger partial charge in [0.1, 0.15) is 5.82 Å². The molecule has 2 rings (SSSR count). The minimum absolute atomic E-state index is 0.00345. The Labute approximate surface area is 119 Å². The van der Waals surface area contributed by atoms with Crippen LogP contribution in [0.2, 0.25) is 0 Å². The van der Waals surface area contributed by atoms with Gasteiger partial charge in [0.15, 0.2) is 0 Å². The van der Waals surface area contributed by atoms with Crippen LogP contribution in [0.3, 0.4) is 0 Å². The van der Waals surface area contributed by atoms with Gasteiger partial charge in [-0.15, -0.1) is 0 Å². The lowest BCUT2D eigenvalue weighted by molar-refractivity contribution is -0.0300. The van der Waals surface area contributed by atoms with Gasteiger partial charge in [-0.05, 0) is 41.4 Å². The van der Waals surface area contributed by atoms with Crippen LogP contribution in [0.5, 0.6) is 0 Å². The molecule has 1 aromatic rings. The number of carbonyl (C=O) groups is 1. The quantitative estimate of drug-likeness (QED) is 0.885. The molecule has 4 nitrogen and oxygen atoms in total. The molecule has 0 aliphatic heterocycles. The van der Waals surface area contributed by atoms with Gasteiger partial charge in [-0.2, -0.15) is 0 Å². The average molecular weight is 331 g/mol. The third kappa shape index (κ3) is 2.96. The molecule has 0 aromatic heterocycles. The summed E-state index contributed by atoms with van der Waals surface area (Å²) in [5.74, 6) is -1.04. The molecule has 0 spiro atoms. The number of rotatable bonds is 4. The molecule has 3 atom stereocenters. The van der Waals surface area contributed by atoms with Crippen LogP contribution < -0.4 is 11.1 Å². The van der Waals surface area contributed by atoms with E-state index < -0.39 is 11.7 Å². The van der Waals surface area contributed by atoms with Gasteiger partial charge in [0, 0.05) is 12.6 Å². The zero-order valence-corrected chi connectivity index (χ0v) is 12.1. The van der Waals surface area contributed by atoms with Crippen molar-refractivity contribution < 1.29 is 13.9 Å². The van der Waals surface area contributed by atoms with Crippen molar-refractivity contribution in [2.75, 3.05) is 6.61 Å². The zero-order valence-electron chi connectivity index (χ0n) is 10.5. The summed E-state index contributed by atoms with van der Waals surface area (Å²) in [5, 5.41) is 2.74. The molecule has 0 heterocycles. The first-order valence-corrected chi connectivity index (χ1v) is 6.96. The molecular weight excluding hydrogens is 315 g/mol. The standard InChI is InChI=1S/C13H16BrFN2O2/c1-2-19-10-6-9(16)12(10)17-13(18)7-4-3-5-8(14)11(7)15/h3-5,9-10,12H,2,6,16H2,1H3,(H,17,18). The molecule has 0 bridgehead atoms. The molecule has 1 amide bonds. The summed E-state index contributed by atoms with van der Waals surface area (Å²) in [5.41, 5.74) is 5.84. The van der Waals surface area contributed by atoms with Crippen LogP contribution in [0.25, 0.3) is 0 Å².